The zero-order valence-electron chi connectivity index (χ0n) is 9.01. The molecule has 0 bridgehead atoms. The summed E-state index contributed by atoms with van der Waals surface area (Å²) < 4.78 is 0. The zero-order valence-corrected chi connectivity index (χ0v) is 9.01. The molecule has 0 saturated carbocycles. The average molecular weight is 225 g/mol. The summed E-state index contributed by atoms with van der Waals surface area (Å²) in [7, 11) is 0. The van der Waals surface area contributed by atoms with Crippen LogP contribution in [0.2, 0.25) is 0 Å². The third-order valence-electron chi connectivity index (χ3n) is 2.16. The molecule has 1 aromatic carbocycles. The van der Waals surface area contributed by atoms with Crippen molar-refractivity contribution in [1.82, 2.24) is 0 Å². The molecular weight excluding hydrogens is 210 g/mol. The lowest BCUT2D eigenvalue weighted by Gasteiger charge is -2.10. The van der Waals surface area contributed by atoms with Crippen molar-refractivity contribution >= 4 is 17.1 Å². The molecule has 0 spiro atoms. The predicted octanol–water partition coefficient (Wildman–Crippen LogP) is 1.36. The number of anilines is 2. The molecule has 0 saturated heterocycles. The van der Waals surface area contributed by atoms with E-state index in [0.717, 1.165) is 0 Å². The Bertz CT molecular complexity index is 382. The number of aliphatic hydroxyl groups is 1. The summed E-state index contributed by atoms with van der Waals surface area (Å²) in [6.45, 7) is 2.20. The van der Waals surface area contributed by atoms with Gasteiger partial charge in [0.05, 0.1) is 11.0 Å². The fraction of sp³-hybridized carbons (Fsp3) is 0.400. The lowest BCUT2D eigenvalue weighted by molar-refractivity contribution is -0.384. The highest BCUT2D eigenvalue weighted by Crippen LogP contribution is 2.22. The number of nitro benzene ring substituents is 1. The summed E-state index contributed by atoms with van der Waals surface area (Å²) >= 11 is 0. The van der Waals surface area contributed by atoms with Crippen LogP contribution in [0.15, 0.2) is 18.2 Å². The second kappa shape index (κ2) is 5.32. The first-order valence-electron chi connectivity index (χ1n) is 4.99. The Kier molecular flexibility index (Phi) is 4.07. The molecule has 6 nitrogen and oxygen atoms in total. The first kappa shape index (κ1) is 12.3. The van der Waals surface area contributed by atoms with E-state index in [-0.39, 0.29) is 5.69 Å². The van der Waals surface area contributed by atoms with Gasteiger partial charge >= 0.3 is 0 Å². The fourth-order valence-corrected chi connectivity index (χ4v) is 1.22. The SMILES string of the molecule is CCC(O)CNc1cc(N)cc([N+](=O)[O-])c1. The normalized spacial score (nSPS) is 12.1. The van der Waals surface area contributed by atoms with Gasteiger partial charge in [-0.15, -0.1) is 0 Å². The summed E-state index contributed by atoms with van der Waals surface area (Å²) in [6, 6.07) is 4.27. The fourth-order valence-electron chi connectivity index (χ4n) is 1.22. The minimum Gasteiger partial charge on any atom is -0.398 e. The van der Waals surface area contributed by atoms with Gasteiger partial charge in [-0.1, -0.05) is 6.92 Å². The van der Waals surface area contributed by atoms with Gasteiger partial charge in [-0.05, 0) is 12.5 Å². The molecule has 0 aliphatic rings. The Morgan fingerprint density at radius 1 is 1.56 bits per heavy atom. The minimum atomic E-state index is -0.502. The number of nitrogens with one attached hydrogen (secondary N) is 1. The molecule has 0 amide bonds. The third-order valence-corrected chi connectivity index (χ3v) is 2.16. The third kappa shape index (κ3) is 3.39. The average Bonchev–Trinajstić information content (AvgIpc) is 2.25. The minimum absolute atomic E-state index is 0.0616. The Morgan fingerprint density at radius 2 is 2.25 bits per heavy atom. The van der Waals surface area contributed by atoms with Crippen molar-refractivity contribution in [3.63, 3.8) is 0 Å². The molecule has 1 rings (SSSR count). The molecule has 16 heavy (non-hydrogen) atoms. The number of nitro groups is 1. The van der Waals surface area contributed by atoms with Crippen LogP contribution in [0.25, 0.3) is 0 Å². The quantitative estimate of drug-likeness (QED) is 0.399. The van der Waals surface area contributed by atoms with Crippen molar-refractivity contribution in [3.05, 3.63) is 28.3 Å². The molecule has 0 heterocycles. The van der Waals surface area contributed by atoms with Crippen molar-refractivity contribution in [2.24, 2.45) is 0 Å². The van der Waals surface area contributed by atoms with Gasteiger partial charge in [-0.3, -0.25) is 10.1 Å². The number of benzene rings is 1. The highest BCUT2D eigenvalue weighted by molar-refractivity contribution is 5.61. The van der Waals surface area contributed by atoms with E-state index in [2.05, 4.69) is 5.32 Å². The molecule has 0 radical (unpaired) electrons. The molecule has 0 aromatic heterocycles. The van der Waals surface area contributed by atoms with E-state index in [0.29, 0.717) is 24.3 Å². The number of hydrogen-bond acceptors (Lipinski definition) is 5. The molecule has 88 valence electrons. The second-order valence-corrected chi connectivity index (χ2v) is 3.51. The lowest BCUT2D eigenvalue weighted by atomic mass is 10.2. The van der Waals surface area contributed by atoms with E-state index in [1.54, 1.807) is 6.07 Å². The highest BCUT2D eigenvalue weighted by Gasteiger charge is 2.09. The number of nitrogens with two attached hydrogens (primary N) is 1. The van der Waals surface area contributed by atoms with Crippen LogP contribution in [-0.2, 0) is 0 Å². The van der Waals surface area contributed by atoms with E-state index in [4.69, 9.17) is 5.73 Å². The van der Waals surface area contributed by atoms with Crippen LogP contribution in [0.1, 0.15) is 13.3 Å². The monoisotopic (exact) mass is 225 g/mol. The van der Waals surface area contributed by atoms with Crippen LogP contribution < -0.4 is 11.1 Å². The number of nitrogens with zero attached hydrogens (tertiary/aromatic N) is 1. The van der Waals surface area contributed by atoms with Gasteiger partial charge in [-0.25, -0.2) is 0 Å². The van der Waals surface area contributed by atoms with Crippen molar-refractivity contribution in [2.75, 3.05) is 17.6 Å². The maximum absolute atomic E-state index is 10.6. The van der Waals surface area contributed by atoms with Crippen LogP contribution >= 0.6 is 0 Å². The van der Waals surface area contributed by atoms with E-state index in [9.17, 15) is 15.2 Å². The molecule has 4 N–H and O–H groups in total. The van der Waals surface area contributed by atoms with Gasteiger partial charge in [0.15, 0.2) is 0 Å². The zero-order chi connectivity index (χ0) is 12.1. The van der Waals surface area contributed by atoms with E-state index in [1.165, 1.54) is 12.1 Å². The molecule has 6 heteroatoms. The Labute approximate surface area is 93.2 Å². The number of nitrogen functional groups attached to an aromatic ring is 1. The Balaban J connectivity index is 2.76. The van der Waals surface area contributed by atoms with Gasteiger partial charge < -0.3 is 16.2 Å². The Morgan fingerprint density at radius 3 is 2.81 bits per heavy atom. The van der Waals surface area contributed by atoms with Gasteiger partial charge in [0, 0.05) is 30.1 Å². The largest absolute Gasteiger partial charge is 0.398 e. The standard InChI is InChI=1S/C10H15N3O3/c1-2-10(14)6-12-8-3-7(11)4-9(5-8)13(15)16/h3-5,10,12,14H,2,6,11H2,1H3. The molecule has 0 aliphatic carbocycles. The van der Waals surface area contributed by atoms with Crippen LogP contribution in [0.4, 0.5) is 17.1 Å². The number of non-ortho nitro benzene ring substituents is 1. The molecule has 1 unspecified atom stereocenters. The lowest BCUT2D eigenvalue weighted by Crippen LogP contribution is -2.18. The van der Waals surface area contributed by atoms with Crippen molar-refractivity contribution in [2.45, 2.75) is 19.4 Å². The number of rotatable bonds is 5. The Hall–Kier alpha value is -1.82. The van der Waals surface area contributed by atoms with Crippen molar-refractivity contribution in [1.29, 1.82) is 0 Å². The molecule has 0 aliphatic heterocycles. The first-order chi connectivity index (χ1) is 7.52. The number of hydrogen-bond donors (Lipinski definition) is 3. The van der Waals surface area contributed by atoms with Gasteiger partial charge in [0.2, 0.25) is 0 Å². The summed E-state index contributed by atoms with van der Waals surface area (Å²) in [6.07, 6.45) is 0.151. The summed E-state index contributed by atoms with van der Waals surface area (Å²) in [5.74, 6) is 0. The van der Waals surface area contributed by atoms with Gasteiger partial charge in [-0.2, -0.15) is 0 Å². The van der Waals surface area contributed by atoms with Gasteiger partial charge in [0.25, 0.3) is 5.69 Å². The van der Waals surface area contributed by atoms with E-state index >= 15 is 0 Å². The predicted molar refractivity (Wildman–Crippen MR) is 62.3 cm³/mol. The second-order valence-electron chi connectivity index (χ2n) is 3.51. The van der Waals surface area contributed by atoms with Crippen LogP contribution in [-0.4, -0.2) is 22.7 Å². The number of aliphatic hydroxyl groups excluding tert-OH is 1. The van der Waals surface area contributed by atoms with Crippen LogP contribution in [0.3, 0.4) is 0 Å². The molecule has 0 fully saturated rings. The van der Waals surface area contributed by atoms with Gasteiger partial charge in [0.1, 0.15) is 0 Å². The summed E-state index contributed by atoms with van der Waals surface area (Å²) in [5.41, 5.74) is 6.33. The molecule has 1 aromatic rings. The van der Waals surface area contributed by atoms with E-state index < -0.39 is 11.0 Å². The van der Waals surface area contributed by atoms with Crippen LogP contribution in [0, 0.1) is 10.1 Å². The first-order valence-corrected chi connectivity index (χ1v) is 4.99. The maximum Gasteiger partial charge on any atom is 0.273 e. The molecule has 1 atom stereocenters. The van der Waals surface area contributed by atoms with Crippen molar-refractivity contribution < 1.29 is 10.0 Å². The summed E-state index contributed by atoms with van der Waals surface area (Å²) in [4.78, 5) is 10.1. The van der Waals surface area contributed by atoms with Crippen molar-refractivity contribution in [3.8, 4) is 0 Å². The molecular formula is C10H15N3O3. The topological polar surface area (TPSA) is 101 Å². The smallest absolute Gasteiger partial charge is 0.273 e. The maximum atomic E-state index is 10.6. The highest BCUT2D eigenvalue weighted by atomic mass is 16.6. The van der Waals surface area contributed by atoms with E-state index in [1.807, 2.05) is 6.92 Å². The van der Waals surface area contributed by atoms with Crippen LogP contribution in [0.5, 0.6) is 0 Å². The summed E-state index contributed by atoms with van der Waals surface area (Å²) in [5, 5.41) is 22.8.